The van der Waals surface area contributed by atoms with Crippen LogP contribution in [-0.4, -0.2) is 24.5 Å². The summed E-state index contributed by atoms with van der Waals surface area (Å²) in [5, 5.41) is 5.85. The SMILES string of the molecule is c1ccc(-c2nc3ccccc3c3cc4c(cc23)c2c(-c3ccc(-c5cc(-c6ccccn6)nc(-c6ccccn6)c5)cc3)cccc2n4-c2ccccc2)cc1. The zero-order chi connectivity index (χ0) is 37.7. The van der Waals surface area contributed by atoms with E-state index in [-0.39, 0.29) is 0 Å². The molecule has 11 rings (SSSR count). The summed E-state index contributed by atoms with van der Waals surface area (Å²) in [6.45, 7) is 0. The van der Waals surface area contributed by atoms with Gasteiger partial charge in [-0.25, -0.2) is 9.97 Å². The van der Waals surface area contributed by atoms with Gasteiger partial charge in [-0.2, -0.15) is 0 Å². The highest BCUT2D eigenvalue weighted by molar-refractivity contribution is 6.22. The van der Waals surface area contributed by atoms with Gasteiger partial charge in [0.15, 0.2) is 0 Å². The van der Waals surface area contributed by atoms with E-state index in [0.717, 1.165) is 83.7 Å². The van der Waals surface area contributed by atoms with Gasteiger partial charge in [0.25, 0.3) is 0 Å². The Morgan fingerprint density at radius 2 is 1.00 bits per heavy atom. The van der Waals surface area contributed by atoms with Gasteiger partial charge in [-0.1, -0.05) is 115 Å². The maximum absolute atomic E-state index is 5.28. The fourth-order valence-corrected chi connectivity index (χ4v) is 8.25. The van der Waals surface area contributed by atoms with Crippen molar-refractivity contribution in [3.63, 3.8) is 0 Å². The molecule has 0 saturated heterocycles. The number of hydrogen-bond donors (Lipinski definition) is 0. The Kier molecular flexibility index (Phi) is 7.74. The molecule has 0 saturated carbocycles. The lowest BCUT2D eigenvalue weighted by Crippen LogP contribution is -1.94. The van der Waals surface area contributed by atoms with Crippen molar-refractivity contribution >= 4 is 43.5 Å². The first-order valence-electron chi connectivity index (χ1n) is 19.1. The molecule has 5 heteroatoms. The number of para-hydroxylation sites is 2. The standard InChI is InChI=1S/C52H33N5/c1-3-14-36(15-4-1)52-42-32-43-50(33-41(42)40-18-7-8-20-44(40)56-52)57(38-16-5-2-6-17-38)49-23-13-19-39(51(43)49)35-26-24-34(25-27-35)37-30-47(45-21-9-11-28-53-45)55-48(31-37)46-22-10-12-29-54-46/h1-33H. The van der Waals surface area contributed by atoms with Gasteiger partial charge in [-0.15, -0.1) is 0 Å². The molecule has 0 radical (unpaired) electrons. The second-order valence-electron chi connectivity index (χ2n) is 14.3. The van der Waals surface area contributed by atoms with Gasteiger partial charge >= 0.3 is 0 Å². The Morgan fingerprint density at radius 1 is 0.351 bits per heavy atom. The molecule has 5 nitrogen and oxygen atoms in total. The van der Waals surface area contributed by atoms with Gasteiger partial charge in [-0.3, -0.25) is 9.97 Å². The molecule has 0 bridgehead atoms. The zero-order valence-corrected chi connectivity index (χ0v) is 30.8. The van der Waals surface area contributed by atoms with Crippen molar-refractivity contribution in [2.24, 2.45) is 0 Å². The maximum atomic E-state index is 5.28. The second-order valence-corrected chi connectivity index (χ2v) is 14.3. The first-order chi connectivity index (χ1) is 28.3. The molecule has 0 N–H and O–H groups in total. The van der Waals surface area contributed by atoms with Crippen molar-refractivity contribution < 1.29 is 0 Å². The minimum atomic E-state index is 0.806. The van der Waals surface area contributed by atoms with Gasteiger partial charge < -0.3 is 4.57 Å². The van der Waals surface area contributed by atoms with Crippen molar-refractivity contribution in [1.29, 1.82) is 0 Å². The fourth-order valence-electron chi connectivity index (χ4n) is 8.25. The van der Waals surface area contributed by atoms with E-state index in [1.165, 1.54) is 21.7 Å². The predicted octanol–water partition coefficient (Wildman–Crippen LogP) is 13.0. The van der Waals surface area contributed by atoms with Crippen LogP contribution < -0.4 is 0 Å². The third kappa shape index (κ3) is 5.64. The highest BCUT2D eigenvalue weighted by Gasteiger charge is 2.20. The molecule has 0 unspecified atom stereocenters. The minimum absolute atomic E-state index is 0.806. The summed E-state index contributed by atoms with van der Waals surface area (Å²) in [4.78, 5) is 19.5. The van der Waals surface area contributed by atoms with Gasteiger partial charge in [0.1, 0.15) is 0 Å². The molecule has 0 aliphatic carbocycles. The Hall–Kier alpha value is -7.76. The molecule has 6 aromatic carbocycles. The smallest absolute Gasteiger partial charge is 0.0900 e. The van der Waals surface area contributed by atoms with Crippen molar-refractivity contribution in [3.05, 3.63) is 200 Å². The number of rotatable bonds is 6. The summed E-state index contributed by atoms with van der Waals surface area (Å²) < 4.78 is 2.41. The van der Waals surface area contributed by atoms with Crippen LogP contribution in [0.15, 0.2) is 200 Å². The van der Waals surface area contributed by atoms with Crippen molar-refractivity contribution in [3.8, 4) is 62.0 Å². The average Bonchev–Trinajstić information content (AvgIpc) is 3.62. The summed E-state index contributed by atoms with van der Waals surface area (Å²) in [5.41, 5.74) is 14.2. The molecule has 0 aliphatic rings. The van der Waals surface area contributed by atoms with Crippen LogP contribution in [0.25, 0.3) is 105 Å². The lowest BCUT2D eigenvalue weighted by atomic mass is 9.94. The van der Waals surface area contributed by atoms with Crippen LogP contribution in [0.3, 0.4) is 0 Å². The zero-order valence-electron chi connectivity index (χ0n) is 30.8. The van der Waals surface area contributed by atoms with Crippen molar-refractivity contribution in [1.82, 2.24) is 24.5 Å². The Morgan fingerprint density at radius 3 is 1.70 bits per heavy atom. The minimum Gasteiger partial charge on any atom is -0.309 e. The van der Waals surface area contributed by atoms with Crippen LogP contribution in [0.2, 0.25) is 0 Å². The molecule has 0 aliphatic heterocycles. The normalized spacial score (nSPS) is 11.5. The summed E-state index contributed by atoms with van der Waals surface area (Å²) in [6, 6.07) is 66.1. The molecule has 5 heterocycles. The predicted molar refractivity (Wildman–Crippen MR) is 234 cm³/mol. The first kappa shape index (κ1) is 32.7. The van der Waals surface area contributed by atoms with E-state index >= 15 is 0 Å². The van der Waals surface area contributed by atoms with Crippen LogP contribution in [0.4, 0.5) is 0 Å². The highest BCUT2D eigenvalue weighted by Crippen LogP contribution is 2.43. The quantitative estimate of drug-likeness (QED) is 0.160. The molecule has 0 spiro atoms. The third-order valence-corrected chi connectivity index (χ3v) is 10.9. The number of pyridine rings is 4. The van der Waals surface area contributed by atoms with Crippen molar-refractivity contribution in [2.45, 2.75) is 0 Å². The van der Waals surface area contributed by atoms with Gasteiger partial charge in [0.2, 0.25) is 0 Å². The van der Waals surface area contributed by atoms with E-state index in [4.69, 9.17) is 9.97 Å². The number of benzene rings is 6. The summed E-state index contributed by atoms with van der Waals surface area (Å²) in [6.07, 6.45) is 3.61. The lowest BCUT2D eigenvalue weighted by Gasteiger charge is -2.12. The molecule has 0 amide bonds. The summed E-state index contributed by atoms with van der Waals surface area (Å²) in [5.74, 6) is 0. The van der Waals surface area contributed by atoms with E-state index < -0.39 is 0 Å². The Labute approximate surface area is 329 Å². The average molecular weight is 728 g/mol. The van der Waals surface area contributed by atoms with E-state index in [0.29, 0.717) is 0 Å². The number of aromatic nitrogens is 5. The van der Waals surface area contributed by atoms with E-state index in [9.17, 15) is 0 Å². The topological polar surface area (TPSA) is 56.5 Å². The van der Waals surface area contributed by atoms with Crippen LogP contribution in [-0.2, 0) is 0 Å². The van der Waals surface area contributed by atoms with Crippen LogP contribution in [0.5, 0.6) is 0 Å². The third-order valence-electron chi connectivity index (χ3n) is 10.9. The van der Waals surface area contributed by atoms with Crippen molar-refractivity contribution in [2.75, 3.05) is 0 Å². The monoisotopic (exact) mass is 727 g/mol. The summed E-state index contributed by atoms with van der Waals surface area (Å²) >= 11 is 0. The molecular formula is C52H33N5. The maximum Gasteiger partial charge on any atom is 0.0900 e. The number of fused-ring (bicyclic) bond motifs is 6. The lowest BCUT2D eigenvalue weighted by molar-refractivity contribution is 1.18. The van der Waals surface area contributed by atoms with Gasteiger partial charge in [-0.05, 0) is 100 Å². The number of nitrogens with zero attached hydrogens (tertiary/aromatic N) is 5. The molecule has 0 atom stereocenters. The highest BCUT2D eigenvalue weighted by atomic mass is 15.0. The fraction of sp³-hybridized carbons (Fsp3) is 0. The Bertz CT molecular complexity index is 3190. The van der Waals surface area contributed by atoms with E-state index in [1.54, 1.807) is 12.4 Å². The van der Waals surface area contributed by atoms with E-state index in [2.05, 4.69) is 166 Å². The molecule has 5 aromatic heterocycles. The van der Waals surface area contributed by atoms with Crippen LogP contribution in [0.1, 0.15) is 0 Å². The van der Waals surface area contributed by atoms with Gasteiger partial charge in [0.05, 0.1) is 45.0 Å². The second kappa shape index (κ2) is 13.5. The molecule has 11 aromatic rings. The van der Waals surface area contributed by atoms with Crippen LogP contribution in [0, 0.1) is 0 Å². The van der Waals surface area contributed by atoms with E-state index in [1.807, 2.05) is 36.4 Å². The molecule has 57 heavy (non-hydrogen) atoms. The molecular weight excluding hydrogens is 695 g/mol. The molecule has 266 valence electrons. The Balaban J connectivity index is 1.13. The van der Waals surface area contributed by atoms with Gasteiger partial charge in [0, 0.05) is 45.2 Å². The molecule has 0 fully saturated rings. The van der Waals surface area contributed by atoms with Crippen LogP contribution >= 0.6 is 0 Å². The first-order valence-corrected chi connectivity index (χ1v) is 19.1. The number of hydrogen-bond acceptors (Lipinski definition) is 4. The summed E-state index contributed by atoms with van der Waals surface area (Å²) in [7, 11) is 0. The largest absolute Gasteiger partial charge is 0.309 e.